The number of carbonyl (C=O) groups excluding carboxylic acids is 3. The van der Waals surface area contributed by atoms with E-state index in [0.717, 1.165) is 5.56 Å². The highest BCUT2D eigenvalue weighted by Crippen LogP contribution is 2.17. The molecule has 2 N–H and O–H groups in total. The summed E-state index contributed by atoms with van der Waals surface area (Å²) >= 11 is 0. The summed E-state index contributed by atoms with van der Waals surface area (Å²) in [6.07, 6.45) is 0. The Morgan fingerprint density at radius 3 is 1.93 bits per heavy atom. The topological polar surface area (TPSA) is 84.5 Å². The van der Waals surface area contributed by atoms with Crippen LogP contribution in [0.4, 0.5) is 11.4 Å². The van der Waals surface area contributed by atoms with Gasteiger partial charge in [-0.1, -0.05) is 24.3 Å². The van der Waals surface area contributed by atoms with Gasteiger partial charge in [0.05, 0.1) is 12.7 Å². The van der Waals surface area contributed by atoms with E-state index in [9.17, 15) is 14.4 Å². The van der Waals surface area contributed by atoms with Crippen LogP contribution in [0.5, 0.6) is 0 Å². The molecule has 0 aliphatic rings. The lowest BCUT2D eigenvalue weighted by molar-refractivity contribution is 0.0600. The van der Waals surface area contributed by atoms with Crippen molar-refractivity contribution in [3.8, 4) is 0 Å². The maximum absolute atomic E-state index is 12.4. The molecular formula is C23H20N2O4. The van der Waals surface area contributed by atoms with E-state index in [1.807, 2.05) is 25.1 Å². The summed E-state index contributed by atoms with van der Waals surface area (Å²) in [6, 6.07) is 20.4. The quantitative estimate of drug-likeness (QED) is 0.639. The Kier molecular flexibility index (Phi) is 6.04. The first-order chi connectivity index (χ1) is 14.0. The number of hydrogen-bond acceptors (Lipinski definition) is 4. The molecule has 3 aromatic rings. The molecule has 0 spiro atoms. The minimum Gasteiger partial charge on any atom is -0.465 e. The van der Waals surface area contributed by atoms with Gasteiger partial charge in [-0.05, 0) is 61.0 Å². The largest absolute Gasteiger partial charge is 0.465 e. The predicted octanol–water partition coefficient (Wildman–Crippen LogP) is 4.29. The Morgan fingerprint density at radius 2 is 1.31 bits per heavy atom. The lowest BCUT2D eigenvalue weighted by Crippen LogP contribution is -2.14. The molecule has 6 heteroatoms. The van der Waals surface area contributed by atoms with E-state index in [2.05, 4.69) is 15.4 Å². The molecule has 0 aromatic heterocycles. The van der Waals surface area contributed by atoms with E-state index in [4.69, 9.17) is 0 Å². The third-order valence-electron chi connectivity index (χ3n) is 4.34. The Morgan fingerprint density at radius 1 is 0.724 bits per heavy atom. The van der Waals surface area contributed by atoms with Crippen LogP contribution in [0.15, 0.2) is 72.8 Å². The van der Waals surface area contributed by atoms with Crippen LogP contribution in [0.25, 0.3) is 0 Å². The number of carbonyl (C=O) groups is 3. The predicted molar refractivity (Wildman–Crippen MR) is 111 cm³/mol. The van der Waals surface area contributed by atoms with Gasteiger partial charge in [0.15, 0.2) is 0 Å². The first kappa shape index (κ1) is 19.8. The zero-order chi connectivity index (χ0) is 20.8. The number of anilines is 2. The van der Waals surface area contributed by atoms with Crippen molar-refractivity contribution in [2.45, 2.75) is 6.92 Å². The molecule has 0 fully saturated rings. The van der Waals surface area contributed by atoms with Crippen LogP contribution < -0.4 is 10.6 Å². The molecule has 0 aliphatic heterocycles. The number of aryl methyl sites for hydroxylation is 1. The van der Waals surface area contributed by atoms with Crippen LogP contribution in [0.2, 0.25) is 0 Å². The first-order valence-electron chi connectivity index (χ1n) is 8.94. The molecule has 0 radical (unpaired) electrons. The molecule has 146 valence electrons. The highest BCUT2D eigenvalue weighted by molar-refractivity contribution is 6.07. The van der Waals surface area contributed by atoms with Gasteiger partial charge in [0, 0.05) is 22.5 Å². The van der Waals surface area contributed by atoms with Crippen LogP contribution >= 0.6 is 0 Å². The van der Waals surface area contributed by atoms with Crippen molar-refractivity contribution < 1.29 is 19.1 Å². The minimum atomic E-state index is -0.506. The molecule has 3 aromatic carbocycles. The Labute approximate surface area is 168 Å². The third-order valence-corrected chi connectivity index (χ3v) is 4.34. The van der Waals surface area contributed by atoms with E-state index in [0.29, 0.717) is 28.1 Å². The molecule has 0 saturated heterocycles. The lowest BCUT2D eigenvalue weighted by Gasteiger charge is -2.10. The highest BCUT2D eigenvalue weighted by Gasteiger charge is 2.12. The monoisotopic (exact) mass is 388 g/mol. The molecule has 0 unspecified atom stereocenters. The summed E-state index contributed by atoms with van der Waals surface area (Å²) in [5.41, 5.74) is 3.31. The number of nitrogens with one attached hydrogen (secondary N) is 2. The number of benzene rings is 3. The zero-order valence-electron chi connectivity index (χ0n) is 16.1. The average molecular weight is 388 g/mol. The number of esters is 1. The van der Waals surface area contributed by atoms with Crippen LogP contribution in [-0.2, 0) is 4.74 Å². The summed E-state index contributed by atoms with van der Waals surface area (Å²) < 4.78 is 4.67. The van der Waals surface area contributed by atoms with Crippen LogP contribution in [0, 0.1) is 6.92 Å². The molecule has 0 bridgehead atoms. The van der Waals surface area contributed by atoms with Crippen molar-refractivity contribution >= 4 is 29.2 Å². The molecule has 29 heavy (non-hydrogen) atoms. The van der Waals surface area contributed by atoms with Gasteiger partial charge < -0.3 is 15.4 Å². The number of amides is 2. The number of methoxy groups -OCH3 is 1. The van der Waals surface area contributed by atoms with E-state index >= 15 is 0 Å². The second-order valence-corrected chi connectivity index (χ2v) is 6.37. The van der Waals surface area contributed by atoms with Gasteiger partial charge in [-0.2, -0.15) is 0 Å². The molecule has 0 heterocycles. The van der Waals surface area contributed by atoms with E-state index in [1.54, 1.807) is 48.5 Å². The molecule has 0 saturated carbocycles. The van der Waals surface area contributed by atoms with Gasteiger partial charge in [0.1, 0.15) is 0 Å². The molecule has 0 aliphatic carbocycles. The standard InChI is InChI=1S/C23H20N2O4/c1-15-6-3-4-9-20(15)22(27)25-19-12-10-18(11-13-19)24-21(26)16-7-5-8-17(14-16)23(28)29-2/h3-14H,1-2H3,(H,24,26)(H,25,27). The minimum absolute atomic E-state index is 0.195. The lowest BCUT2D eigenvalue weighted by atomic mass is 10.1. The summed E-state index contributed by atoms with van der Waals surface area (Å²) in [5.74, 6) is -1.06. The molecule has 3 rings (SSSR count). The molecule has 6 nitrogen and oxygen atoms in total. The summed E-state index contributed by atoms with van der Waals surface area (Å²) in [4.78, 5) is 36.4. The molecule has 0 atom stereocenters. The summed E-state index contributed by atoms with van der Waals surface area (Å²) in [6.45, 7) is 1.88. The van der Waals surface area contributed by atoms with Crippen molar-refractivity contribution in [2.24, 2.45) is 0 Å². The highest BCUT2D eigenvalue weighted by atomic mass is 16.5. The average Bonchev–Trinajstić information content (AvgIpc) is 2.74. The fourth-order valence-electron chi connectivity index (χ4n) is 2.77. The van der Waals surface area contributed by atoms with Gasteiger partial charge in [-0.3, -0.25) is 9.59 Å². The van der Waals surface area contributed by atoms with Crippen molar-refractivity contribution in [1.82, 2.24) is 0 Å². The second-order valence-electron chi connectivity index (χ2n) is 6.37. The maximum Gasteiger partial charge on any atom is 0.337 e. The normalized spacial score (nSPS) is 10.1. The third kappa shape index (κ3) is 4.87. The first-order valence-corrected chi connectivity index (χ1v) is 8.94. The van der Waals surface area contributed by atoms with Crippen molar-refractivity contribution in [2.75, 3.05) is 17.7 Å². The van der Waals surface area contributed by atoms with Crippen molar-refractivity contribution in [3.63, 3.8) is 0 Å². The molecular weight excluding hydrogens is 368 g/mol. The van der Waals surface area contributed by atoms with Crippen molar-refractivity contribution in [1.29, 1.82) is 0 Å². The smallest absolute Gasteiger partial charge is 0.337 e. The summed E-state index contributed by atoms with van der Waals surface area (Å²) in [7, 11) is 1.29. The Bertz CT molecular complexity index is 1060. The van der Waals surface area contributed by atoms with Crippen LogP contribution in [-0.4, -0.2) is 24.9 Å². The fraction of sp³-hybridized carbons (Fsp3) is 0.0870. The molecule has 2 amide bonds. The van der Waals surface area contributed by atoms with E-state index < -0.39 is 5.97 Å². The number of rotatable bonds is 5. The Balaban J connectivity index is 1.66. The van der Waals surface area contributed by atoms with E-state index in [1.165, 1.54) is 13.2 Å². The SMILES string of the molecule is COC(=O)c1cccc(C(=O)Nc2ccc(NC(=O)c3ccccc3C)cc2)c1. The Hall–Kier alpha value is -3.93. The van der Waals surface area contributed by atoms with Gasteiger partial charge in [0.2, 0.25) is 0 Å². The number of hydrogen-bond donors (Lipinski definition) is 2. The van der Waals surface area contributed by atoms with Crippen molar-refractivity contribution in [3.05, 3.63) is 95.1 Å². The van der Waals surface area contributed by atoms with E-state index in [-0.39, 0.29) is 11.8 Å². The fourth-order valence-corrected chi connectivity index (χ4v) is 2.77. The number of ether oxygens (including phenoxy) is 1. The van der Waals surface area contributed by atoms with Crippen LogP contribution in [0.3, 0.4) is 0 Å². The van der Waals surface area contributed by atoms with Crippen LogP contribution in [0.1, 0.15) is 36.6 Å². The zero-order valence-corrected chi connectivity index (χ0v) is 16.1. The van der Waals surface area contributed by atoms with Gasteiger partial charge >= 0.3 is 5.97 Å². The second kappa shape index (κ2) is 8.84. The maximum atomic E-state index is 12.4. The van der Waals surface area contributed by atoms with Gasteiger partial charge in [-0.25, -0.2) is 4.79 Å². The van der Waals surface area contributed by atoms with Gasteiger partial charge in [0.25, 0.3) is 11.8 Å². The van der Waals surface area contributed by atoms with Gasteiger partial charge in [-0.15, -0.1) is 0 Å². The summed E-state index contributed by atoms with van der Waals surface area (Å²) in [5, 5.41) is 5.59.